The summed E-state index contributed by atoms with van der Waals surface area (Å²) in [5.41, 5.74) is 0. The number of unbranched alkanes of at least 4 members (excludes halogenated alkanes) is 18. The zero-order valence-corrected chi connectivity index (χ0v) is 30.4. The SMILES string of the molecule is CCCCCCCCCN(C)C.CCCCCCCCCN(C)C.CCCCCCCCCN(C)C.O=P(O)(O)O. The number of nitrogens with zero attached hydrogens (tertiary/aromatic N) is 3. The highest BCUT2D eigenvalue weighted by Crippen LogP contribution is 2.25. The summed E-state index contributed by atoms with van der Waals surface area (Å²) in [7, 11) is 8.26. The average molecular weight is 612 g/mol. The third-order valence-corrected chi connectivity index (χ3v) is 6.63. The van der Waals surface area contributed by atoms with Gasteiger partial charge in [0.25, 0.3) is 0 Å². The van der Waals surface area contributed by atoms with E-state index in [0.29, 0.717) is 0 Å². The molecule has 0 heterocycles. The number of phosphoric acid groups is 1. The highest BCUT2D eigenvalue weighted by Gasteiger charge is 2.00. The van der Waals surface area contributed by atoms with Gasteiger partial charge in [-0.05, 0) is 81.2 Å². The van der Waals surface area contributed by atoms with Gasteiger partial charge in [0.15, 0.2) is 0 Å². The number of hydrogen-bond acceptors (Lipinski definition) is 4. The lowest BCUT2D eigenvalue weighted by atomic mass is 10.1. The normalized spacial score (nSPS) is 11.1. The summed E-state index contributed by atoms with van der Waals surface area (Å²) < 4.78 is 8.88. The summed E-state index contributed by atoms with van der Waals surface area (Å²) >= 11 is 0. The van der Waals surface area contributed by atoms with Crippen molar-refractivity contribution in [2.24, 2.45) is 0 Å². The van der Waals surface area contributed by atoms with E-state index in [0.717, 1.165) is 0 Å². The van der Waals surface area contributed by atoms with Gasteiger partial charge in [-0.25, -0.2) is 4.57 Å². The van der Waals surface area contributed by atoms with E-state index in [1.807, 2.05) is 0 Å². The molecule has 0 amide bonds. The van der Waals surface area contributed by atoms with E-state index in [2.05, 4.69) is 77.8 Å². The molecule has 0 atom stereocenters. The molecule has 0 aromatic carbocycles. The van der Waals surface area contributed by atoms with Crippen molar-refractivity contribution < 1.29 is 19.2 Å². The minimum atomic E-state index is -4.64. The Bertz CT molecular complexity index is 429. The van der Waals surface area contributed by atoms with Crippen molar-refractivity contribution in [3.63, 3.8) is 0 Å². The molecule has 8 heteroatoms. The van der Waals surface area contributed by atoms with Crippen molar-refractivity contribution in [2.75, 3.05) is 61.9 Å². The molecule has 0 unspecified atom stereocenters. The molecule has 3 N–H and O–H groups in total. The second kappa shape index (κ2) is 40.0. The van der Waals surface area contributed by atoms with Gasteiger partial charge in [-0.3, -0.25) is 0 Å². The van der Waals surface area contributed by atoms with Crippen molar-refractivity contribution in [3.05, 3.63) is 0 Å². The standard InChI is InChI=1S/3C11H25N.H3O4P/c3*1-4-5-6-7-8-9-10-11-12(2)3;1-5(2,3)4/h3*4-11H2,1-3H3;(H3,1,2,3,4). The van der Waals surface area contributed by atoms with Crippen molar-refractivity contribution in [1.82, 2.24) is 14.7 Å². The minimum absolute atomic E-state index is 1.26. The van der Waals surface area contributed by atoms with Crippen LogP contribution in [0, 0.1) is 0 Å². The van der Waals surface area contributed by atoms with Gasteiger partial charge >= 0.3 is 7.82 Å². The molecule has 0 fully saturated rings. The van der Waals surface area contributed by atoms with Crippen molar-refractivity contribution >= 4 is 7.82 Å². The van der Waals surface area contributed by atoms with E-state index >= 15 is 0 Å². The van der Waals surface area contributed by atoms with Gasteiger partial charge in [0, 0.05) is 0 Å². The maximum absolute atomic E-state index is 8.88. The van der Waals surface area contributed by atoms with Crippen LogP contribution >= 0.6 is 7.82 Å². The van der Waals surface area contributed by atoms with Crippen molar-refractivity contribution in [3.8, 4) is 0 Å². The van der Waals surface area contributed by atoms with Crippen LogP contribution in [0.2, 0.25) is 0 Å². The van der Waals surface area contributed by atoms with Gasteiger partial charge in [0.05, 0.1) is 0 Å². The fraction of sp³-hybridized carbons (Fsp3) is 1.00. The third-order valence-electron chi connectivity index (χ3n) is 6.63. The van der Waals surface area contributed by atoms with E-state index in [1.165, 1.54) is 154 Å². The van der Waals surface area contributed by atoms with E-state index in [-0.39, 0.29) is 0 Å². The van der Waals surface area contributed by atoms with Crippen LogP contribution in [0.5, 0.6) is 0 Å². The van der Waals surface area contributed by atoms with E-state index in [4.69, 9.17) is 19.2 Å². The smallest absolute Gasteiger partial charge is 0.309 e. The molecule has 0 rings (SSSR count). The second-order valence-electron chi connectivity index (χ2n) is 12.3. The largest absolute Gasteiger partial charge is 0.466 e. The highest BCUT2D eigenvalue weighted by atomic mass is 31.2. The Morgan fingerprint density at radius 1 is 0.366 bits per heavy atom. The Labute approximate surface area is 259 Å². The predicted octanol–water partition coefficient (Wildman–Crippen LogP) is 8.97. The first-order valence-electron chi connectivity index (χ1n) is 17.0. The maximum atomic E-state index is 8.88. The molecule has 7 nitrogen and oxygen atoms in total. The maximum Gasteiger partial charge on any atom is 0.466 e. The molecule has 0 bridgehead atoms. The van der Waals surface area contributed by atoms with Gasteiger partial charge < -0.3 is 29.4 Å². The van der Waals surface area contributed by atoms with Gasteiger partial charge in [0.2, 0.25) is 0 Å². The number of hydrogen-bond donors (Lipinski definition) is 3. The third kappa shape index (κ3) is 79.2. The van der Waals surface area contributed by atoms with Crippen LogP contribution in [0.1, 0.15) is 156 Å². The summed E-state index contributed by atoms with van der Waals surface area (Å²) in [6, 6.07) is 0. The zero-order valence-electron chi connectivity index (χ0n) is 29.5. The van der Waals surface area contributed by atoms with Gasteiger partial charge in [-0.15, -0.1) is 0 Å². The van der Waals surface area contributed by atoms with Gasteiger partial charge in [-0.1, -0.05) is 136 Å². The van der Waals surface area contributed by atoms with E-state index in [9.17, 15) is 0 Å². The zero-order chi connectivity index (χ0) is 32.2. The molecule has 0 radical (unpaired) electrons. The molecule has 0 saturated carbocycles. The summed E-state index contributed by atoms with van der Waals surface area (Å²) in [5, 5.41) is 0. The molecule has 0 spiro atoms. The van der Waals surface area contributed by atoms with Crippen LogP contribution in [0.3, 0.4) is 0 Å². The average Bonchev–Trinajstić information content (AvgIpc) is 2.86. The minimum Gasteiger partial charge on any atom is -0.309 e. The molecule has 254 valence electrons. The molecule has 0 saturated heterocycles. The Balaban J connectivity index is -0.000000231. The molecular weight excluding hydrogens is 533 g/mol. The first-order chi connectivity index (χ1) is 19.3. The van der Waals surface area contributed by atoms with Gasteiger partial charge in [-0.2, -0.15) is 0 Å². The lowest BCUT2D eigenvalue weighted by Gasteiger charge is -2.08. The molecule has 41 heavy (non-hydrogen) atoms. The molecule has 0 aromatic rings. The van der Waals surface area contributed by atoms with Gasteiger partial charge in [0.1, 0.15) is 0 Å². The van der Waals surface area contributed by atoms with Crippen LogP contribution in [-0.2, 0) is 4.57 Å². The predicted molar refractivity (Wildman–Crippen MR) is 184 cm³/mol. The lowest BCUT2D eigenvalue weighted by Crippen LogP contribution is -2.12. The fourth-order valence-electron chi connectivity index (χ4n) is 4.16. The van der Waals surface area contributed by atoms with Crippen LogP contribution in [0.15, 0.2) is 0 Å². The summed E-state index contributed by atoms with van der Waals surface area (Å²) in [6.07, 6.45) is 29.7. The Morgan fingerprint density at radius 3 is 0.659 bits per heavy atom. The Hall–Kier alpha value is -0.0100. The van der Waals surface area contributed by atoms with Crippen molar-refractivity contribution in [1.29, 1.82) is 0 Å². The van der Waals surface area contributed by atoms with Crippen LogP contribution in [-0.4, -0.2) is 91.3 Å². The summed E-state index contributed by atoms with van der Waals surface area (Å²) in [6.45, 7) is 10.6. The molecular formula is C33H78N3O4P. The monoisotopic (exact) mass is 612 g/mol. The van der Waals surface area contributed by atoms with Crippen molar-refractivity contribution in [2.45, 2.75) is 156 Å². The first-order valence-corrected chi connectivity index (χ1v) is 18.6. The molecule has 0 aromatic heterocycles. The Morgan fingerprint density at radius 2 is 0.512 bits per heavy atom. The molecule has 0 aliphatic rings. The van der Waals surface area contributed by atoms with Crippen LogP contribution < -0.4 is 0 Å². The fourth-order valence-corrected chi connectivity index (χ4v) is 4.16. The summed E-state index contributed by atoms with van der Waals surface area (Å²) in [5.74, 6) is 0. The Kier molecular flexibility index (Phi) is 46.7. The molecule has 0 aliphatic heterocycles. The highest BCUT2D eigenvalue weighted by molar-refractivity contribution is 7.45. The topological polar surface area (TPSA) is 87.5 Å². The second-order valence-corrected chi connectivity index (χ2v) is 13.3. The molecule has 0 aliphatic carbocycles. The first kappa shape index (κ1) is 47.9. The lowest BCUT2D eigenvalue weighted by molar-refractivity contribution is 0.275. The number of rotatable bonds is 24. The van der Waals surface area contributed by atoms with Crippen LogP contribution in [0.4, 0.5) is 0 Å². The van der Waals surface area contributed by atoms with E-state index < -0.39 is 7.82 Å². The quantitative estimate of drug-likeness (QED) is 0.0742. The van der Waals surface area contributed by atoms with Crippen LogP contribution in [0.25, 0.3) is 0 Å². The van der Waals surface area contributed by atoms with E-state index in [1.54, 1.807) is 0 Å². The summed E-state index contributed by atoms with van der Waals surface area (Å²) in [4.78, 5) is 28.4.